The van der Waals surface area contributed by atoms with Crippen LogP contribution in [0.2, 0.25) is 0 Å². The van der Waals surface area contributed by atoms with Crippen molar-refractivity contribution in [2.75, 3.05) is 26.4 Å². The van der Waals surface area contributed by atoms with Crippen LogP contribution in [0.15, 0.2) is 29.4 Å². The van der Waals surface area contributed by atoms with E-state index in [1.165, 1.54) is 0 Å². The summed E-state index contributed by atoms with van der Waals surface area (Å²) in [6.07, 6.45) is 5.40. The normalized spacial score (nSPS) is 27.7. The number of furan rings is 1. The third kappa shape index (κ3) is 2.83. The van der Waals surface area contributed by atoms with Gasteiger partial charge < -0.3 is 18.8 Å². The Labute approximate surface area is 130 Å². The van der Waals surface area contributed by atoms with Gasteiger partial charge in [-0.3, -0.25) is 4.79 Å². The van der Waals surface area contributed by atoms with Gasteiger partial charge in [0, 0.05) is 12.5 Å². The van der Waals surface area contributed by atoms with Crippen LogP contribution in [0.4, 0.5) is 0 Å². The first kappa shape index (κ1) is 15.3. The molecular formula is C17H23NO4. The van der Waals surface area contributed by atoms with Crippen molar-refractivity contribution in [2.45, 2.75) is 31.9 Å². The smallest absolute Gasteiger partial charge is 0.257 e. The molecule has 3 rings (SSSR count). The summed E-state index contributed by atoms with van der Waals surface area (Å²) >= 11 is 0. The molecule has 5 heteroatoms. The lowest BCUT2D eigenvalue weighted by atomic mass is 10.0. The standard InChI is InChI=1S/C17H23NO4/c1-3-8-20-11-13-4-5-15-16(13)22-10-7-18(15)17(19)14-6-9-21-12(14)2/h3,6,9,13,15-16H,1,4-5,7-8,10-11H2,2H3/t13-,15-,16+/m0/s1. The molecule has 2 aliphatic rings. The molecule has 1 aromatic rings. The van der Waals surface area contributed by atoms with Crippen molar-refractivity contribution in [1.29, 1.82) is 0 Å². The number of hydrogen-bond donors (Lipinski definition) is 0. The number of rotatable bonds is 5. The Hall–Kier alpha value is -1.59. The second-order valence-corrected chi connectivity index (χ2v) is 5.96. The molecule has 1 amide bonds. The fourth-order valence-corrected chi connectivity index (χ4v) is 3.56. The van der Waals surface area contributed by atoms with Gasteiger partial charge in [0.25, 0.3) is 5.91 Å². The minimum absolute atomic E-state index is 0.0530. The van der Waals surface area contributed by atoms with Crippen LogP contribution in [-0.4, -0.2) is 49.3 Å². The molecule has 120 valence electrons. The van der Waals surface area contributed by atoms with Gasteiger partial charge in [0.1, 0.15) is 5.76 Å². The number of carbonyl (C=O) groups excluding carboxylic acids is 1. The summed E-state index contributed by atoms with van der Waals surface area (Å²) in [6.45, 7) is 7.94. The first-order valence-electron chi connectivity index (χ1n) is 7.87. The van der Waals surface area contributed by atoms with Crippen molar-refractivity contribution in [3.63, 3.8) is 0 Å². The molecule has 0 N–H and O–H groups in total. The average molecular weight is 305 g/mol. The van der Waals surface area contributed by atoms with E-state index in [-0.39, 0.29) is 18.1 Å². The molecule has 22 heavy (non-hydrogen) atoms. The predicted octanol–water partition coefficient (Wildman–Crippen LogP) is 2.41. The number of hydrogen-bond acceptors (Lipinski definition) is 4. The van der Waals surface area contributed by atoms with E-state index in [1.807, 2.05) is 11.8 Å². The number of amides is 1. The molecule has 3 atom stereocenters. The summed E-state index contributed by atoms with van der Waals surface area (Å²) in [5.41, 5.74) is 0.659. The Kier molecular flexibility index (Phi) is 4.64. The number of fused-ring (bicyclic) bond motifs is 1. The first-order chi connectivity index (χ1) is 10.7. The highest BCUT2D eigenvalue weighted by Gasteiger charge is 2.44. The number of ether oxygens (including phenoxy) is 2. The molecule has 2 heterocycles. The van der Waals surface area contributed by atoms with E-state index in [1.54, 1.807) is 18.4 Å². The zero-order chi connectivity index (χ0) is 15.5. The van der Waals surface area contributed by atoms with Crippen molar-refractivity contribution in [2.24, 2.45) is 5.92 Å². The topological polar surface area (TPSA) is 51.9 Å². The average Bonchev–Trinajstić information content (AvgIpc) is 3.13. The second-order valence-electron chi connectivity index (χ2n) is 5.96. The molecule has 0 bridgehead atoms. The van der Waals surface area contributed by atoms with E-state index >= 15 is 0 Å². The lowest BCUT2D eigenvalue weighted by Gasteiger charge is -2.39. The van der Waals surface area contributed by atoms with Crippen molar-refractivity contribution in [3.05, 3.63) is 36.3 Å². The highest BCUT2D eigenvalue weighted by Crippen LogP contribution is 2.35. The summed E-state index contributed by atoms with van der Waals surface area (Å²) in [5.74, 6) is 1.08. The SMILES string of the molecule is C=CCOC[C@@H]1CC[C@H]2[C@@H]1OCCN2C(=O)c1ccoc1C. The van der Waals surface area contributed by atoms with Crippen LogP contribution in [0.25, 0.3) is 0 Å². The fourth-order valence-electron chi connectivity index (χ4n) is 3.56. The van der Waals surface area contributed by atoms with Crippen LogP contribution in [0.1, 0.15) is 29.0 Å². The Balaban J connectivity index is 1.69. The maximum absolute atomic E-state index is 12.8. The van der Waals surface area contributed by atoms with Crippen LogP contribution >= 0.6 is 0 Å². The Morgan fingerprint density at radius 2 is 2.41 bits per heavy atom. The van der Waals surface area contributed by atoms with Gasteiger partial charge in [0.05, 0.1) is 43.8 Å². The van der Waals surface area contributed by atoms with E-state index in [2.05, 4.69) is 6.58 Å². The Bertz CT molecular complexity index is 539. The van der Waals surface area contributed by atoms with E-state index in [0.29, 0.717) is 43.6 Å². The lowest BCUT2D eigenvalue weighted by Crippen LogP contribution is -2.53. The third-order valence-electron chi connectivity index (χ3n) is 4.64. The van der Waals surface area contributed by atoms with E-state index < -0.39 is 0 Å². The summed E-state index contributed by atoms with van der Waals surface area (Å²) < 4.78 is 16.8. The molecule has 1 saturated heterocycles. The zero-order valence-electron chi connectivity index (χ0n) is 13.0. The second kappa shape index (κ2) is 6.67. The maximum Gasteiger partial charge on any atom is 0.257 e. The number of nitrogens with zero attached hydrogens (tertiary/aromatic N) is 1. The van der Waals surface area contributed by atoms with Gasteiger partial charge in [-0.25, -0.2) is 0 Å². The predicted molar refractivity (Wildman–Crippen MR) is 81.7 cm³/mol. The minimum Gasteiger partial charge on any atom is -0.469 e. The molecule has 0 radical (unpaired) electrons. The van der Waals surface area contributed by atoms with Gasteiger partial charge in [-0.05, 0) is 25.8 Å². The van der Waals surface area contributed by atoms with Gasteiger partial charge >= 0.3 is 0 Å². The van der Waals surface area contributed by atoms with Gasteiger partial charge in [0.2, 0.25) is 0 Å². The first-order valence-corrected chi connectivity index (χ1v) is 7.87. The Morgan fingerprint density at radius 3 is 3.14 bits per heavy atom. The molecule has 1 saturated carbocycles. The van der Waals surface area contributed by atoms with Crippen molar-refractivity contribution in [1.82, 2.24) is 4.90 Å². The summed E-state index contributed by atoms with van der Waals surface area (Å²) in [7, 11) is 0. The van der Waals surface area contributed by atoms with Crippen LogP contribution in [-0.2, 0) is 9.47 Å². The summed E-state index contributed by atoms with van der Waals surface area (Å²) in [5, 5.41) is 0. The molecular weight excluding hydrogens is 282 g/mol. The van der Waals surface area contributed by atoms with Gasteiger partial charge in [-0.2, -0.15) is 0 Å². The number of aryl methyl sites for hydroxylation is 1. The van der Waals surface area contributed by atoms with E-state index in [9.17, 15) is 4.79 Å². The van der Waals surface area contributed by atoms with Crippen LogP contribution < -0.4 is 0 Å². The quantitative estimate of drug-likeness (QED) is 0.619. The fraction of sp³-hybridized carbons (Fsp3) is 0.588. The van der Waals surface area contributed by atoms with Gasteiger partial charge in [0.15, 0.2) is 0 Å². The monoisotopic (exact) mass is 305 g/mol. The van der Waals surface area contributed by atoms with E-state index in [4.69, 9.17) is 13.9 Å². The van der Waals surface area contributed by atoms with E-state index in [0.717, 1.165) is 12.8 Å². The summed E-state index contributed by atoms with van der Waals surface area (Å²) in [4.78, 5) is 14.7. The van der Waals surface area contributed by atoms with Crippen LogP contribution in [0.3, 0.4) is 0 Å². The third-order valence-corrected chi connectivity index (χ3v) is 4.64. The van der Waals surface area contributed by atoms with Gasteiger partial charge in [-0.15, -0.1) is 6.58 Å². The minimum atomic E-state index is 0.0530. The molecule has 1 aromatic heterocycles. The summed E-state index contributed by atoms with van der Waals surface area (Å²) in [6, 6.07) is 1.90. The molecule has 1 aliphatic heterocycles. The molecule has 2 fully saturated rings. The highest BCUT2D eigenvalue weighted by molar-refractivity contribution is 5.95. The highest BCUT2D eigenvalue weighted by atomic mass is 16.5. The molecule has 0 spiro atoms. The number of carbonyl (C=O) groups is 1. The van der Waals surface area contributed by atoms with Crippen molar-refractivity contribution in [3.8, 4) is 0 Å². The Morgan fingerprint density at radius 1 is 1.55 bits per heavy atom. The molecule has 0 unspecified atom stereocenters. The van der Waals surface area contributed by atoms with Crippen LogP contribution in [0.5, 0.6) is 0 Å². The molecule has 5 nitrogen and oxygen atoms in total. The maximum atomic E-state index is 12.8. The zero-order valence-corrected chi connectivity index (χ0v) is 13.0. The van der Waals surface area contributed by atoms with Gasteiger partial charge in [-0.1, -0.05) is 6.08 Å². The molecule has 1 aliphatic carbocycles. The molecule has 0 aromatic carbocycles. The van der Waals surface area contributed by atoms with Crippen molar-refractivity contribution >= 4 is 5.91 Å². The van der Waals surface area contributed by atoms with Crippen molar-refractivity contribution < 1.29 is 18.7 Å². The lowest BCUT2D eigenvalue weighted by molar-refractivity contribution is -0.0738. The number of morpholine rings is 1. The van der Waals surface area contributed by atoms with Crippen LogP contribution in [0, 0.1) is 12.8 Å². The largest absolute Gasteiger partial charge is 0.469 e.